The number of aliphatic hydroxyl groups is 1. The molecule has 3 nitrogen and oxygen atoms in total. The average Bonchev–Trinajstić information content (AvgIpc) is 3.00. The van der Waals surface area contributed by atoms with Crippen LogP contribution in [-0.4, -0.2) is 22.4 Å². The molecule has 1 rings (SSSR count). The fraction of sp³-hybridized carbons (Fsp3) is 0.800. The lowest BCUT2D eigenvalue weighted by molar-refractivity contribution is 0.0254. The SMILES string of the molecule is C/C=C/CCCCCCCCCCCCC1NC=CN1C(C)O. The topological polar surface area (TPSA) is 35.5 Å². The van der Waals surface area contributed by atoms with Crippen LogP contribution in [0.15, 0.2) is 24.6 Å². The lowest BCUT2D eigenvalue weighted by Crippen LogP contribution is -2.40. The zero-order valence-electron chi connectivity index (χ0n) is 15.3. The van der Waals surface area contributed by atoms with Gasteiger partial charge in [0.25, 0.3) is 0 Å². The largest absolute Gasteiger partial charge is 0.374 e. The average molecular weight is 323 g/mol. The van der Waals surface area contributed by atoms with Crippen molar-refractivity contribution in [3.05, 3.63) is 24.6 Å². The standard InChI is InChI=1S/C20H38N2O/c1-3-4-5-6-7-8-9-10-11-12-13-14-15-16-20-21-17-18-22(20)19(2)23/h3-4,17-21,23H,5-16H2,1-2H3/b4-3+. The maximum absolute atomic E-state index is 9.66. The van der Waals surface area contributed by atoms with Gasteiger partial charge in [0.05, 0.1) is 0 Å². The molecular weight excluding hydrogens is 284 g/mol. The van der Waals surface area contributed by atoms with Crippen molar-refractivity contribution in [2.24, 2.45) is 0 Å². The molecule has 0 aromatic carbocycles. The summed E-state index contributed by atoms with van der Waals surface area (Å²) >= 11 is 0. The lowest BCUT2D eigenvalue weighted by atomic mass is 10.0. The molecule has 0 bridgehead atoms. The molecular formula is C20H38N2O. The molecule has 0 aromatic rings. The van der Waals surface area contributed by atoms with E-state index in [1.54, 1.807) is 0 Å². The molecule has 0 aromatic heterocycles. The van der Waals surface area contributed by atoms with E-state index in [-0.39, 0.29) is 6.17 Å². The second-order valence-electron chi connectivity index (χ2n) is 6.76. The molecule has 23 heavy (non-hydrogen) atoms. The summed E-state index contributed by atoms with van der Waals surface area (Å²) in [7, 11) is 0. The molecule has 2 N–H and O–H groups in total. The zero-order valence-corrected chi connectivity index (χ0v) is 15.3. The Balaban J connectivity index is 1.82. The van der Waals surface area contributed by atoms with Crippen LogP contribution in [0.3, 0.4) is 0 Å². The summed E-state index contributed by atoms with van der Waals surface area (Å²) in [5.74, 6) is 0. The summed E-state index contributed by atoms with van der Waals surface area (Å²) in [5.41, 5.74) is 0. The molecule has 2 atom stereocenters. The number of unbranched alkanes of at least 4 members (excludes halogenated alkanes) is 10. The van der Waals surface area contributed by atoms with Crippen LogP contribution in [0.4, 0.5) is 0 Å². The Morgan fingerprint density at radius 3 is 2.13 bits per heavy atom. The van der Waals surface area contributed by atoms with E-state index in [4.69, 9.17) is 0 Å². The summed E-state index contributed by atoms with van der Waals surface area (Å²) in [6.45, 7) is 3.93. The van der Waals surface area contributed by atoms with E-state index in [9.17, 15) is 5.11 Å². The highest BCUT2D eigenvalue weighted by Gasteiger charge is 2.20. The van der Waals surface area contributed by atoms with Gasteiger partial charge in [-0.05, 0) is 39.5 Å². The van der Waals surface area contributed by atoms with Gasteiger partial charge >= 0.3 is 0 Å². The van der Waals surface area contributed by atoms with E-state index in [1.165, 1.54) is 70.6 Å². The molecule has 0 radical (unpaired) electrons. The van der Waals surface area contributed by atoms with Crippen LogP contribution in [0.2, 0.25) is 0 Å². The van der Waals surface area contributed by atoms with Crippen LogP contribution in [0, 0.1) is 0 Å². The van der Waals surface area contributed by atoms with E-state index in [0.717, 1.165) is 6.42 Å². The highest BCUT2D eigenvalue weighted by Crippen LogP contribution is 2.16. The van der Waals surface area contributed by atoms with Crippen LogP contribution in [-0.2, 0) is 0 Å². The Hall–Kier alpha value is -0.960. The number of nitrogens with one attached hydrogen (secondary N) is 1. The Morgan fingerprint density at radius 2 is 1.57 bits per heavy atom. The maximum Gasteiger partial charge on any atom is 0.125 e. The van der Waals surface area contributed by atoms with Crippen molar-refractivity contribution < 1.29 is 5.11 Å². The van der Waals surface area contributed by atoms with E-state index < -0.39 is 6.23 Å². The fourth-order valence-electron chi connectivity index (χ4n) is 3.23. The summed E-state index contributed by atoms with van der Waals surface area (Å²) in [4.78, 5) is 2.00. The molecule has 1 aliphatic rings. The minimum Gasteiger partial charge on any atom is -0.374 e. The Kier molecular flexibility index (Phi) is 11.8. The monoisotopic (exact) mass is 322 g/mol. The van der Waals surface area contributed by atoms with Gasteiger partial charge in [-0.3, -0.25) is 0 Å². The van der Waals surface area contributed by atoms with Crippen LogP contribution < -0.4 is 5.32 Å². The van der Waals surface area contributed by atoms with Gasteiger partial charge in [-0.1, -0.05) is 63.5 Å². The molecule has 3 heteroatoms. The molecule has 134 valence electrons. The van der Waals surface area contributed by atoms with E-state index in [2.05, 4.69) is 24.4 Å². The van der Waals surface area contributed by atoms with Gasteiger partial charge < -0.3 is 15.3 Å². The number of allylic oxidation sites excluding steroid dienone is 2. The van der Waals surface area contributed by atoms with Crippen molar-refractivity contribution >= 4 is 0 Å². The molecule has 0 amide bonds. The van der Waals surface area contributed by atoms with Gasteiger partial charge in [0.15, 0.2) is 0 Å². The quantitative estimate of drug-likeness (QED) is 0.337. The molecule has 0 saturated carbocycles. The number of aliphatic hydroxyl groups excluding tert-OH is 1. The third-order valence-corrected chi connectivity index (χ3v) is 4.66. The minimum atomic E-state index is -0.399. The molecule has 0 spiro atoms. The summed E-state index contributed by atoms with van der Waals surface area (Å²) in [5, 5.41) is 13.0. The predicted molar refractivity (Wildman–Crippen MR) is 99.8 cm³/mol. The van der Waals surface area contributed by atoms with Gasteiger partial charge in [-0.2, -0.15) is 0 Å². The van der Waals surface area contributed by atoms with Gasteiger partial charge in [-0.15, -0.1) is 0 Å². The summed E-state index contributed by atoms with van der Waals surface area (Å²) in [6.07, 6.45) is 24.3. The number of hydrogen-bond acceptors (Lipinski definition) is 3. The van der Waals surface area contributed by atoms with E-state index in [0.29, 0.717) is 0 Å². The first-order valence-corrected chi connectivity index (χ1v) is 9.75. The van der Waals surface area contributed by atoms with Crippen molar-refractivity contribution in [3.8, 4) is 0 Å². The number of nitrogens with zero attached hydrogens (tertiary/aromatic N) is 1. The van der Waals surface area contributed by atoms with Crippen molar-refractivity contribution in [1.29, 1.82) is 0 Å². The smallest absolute Gasteiger partial charge is 0.125 e. The maximum atomic E-state index is 9.66. The second-order valence-corrected chi connectivity index (χ2v) is 6.76. The normalized spacial score (nSPS) is 18.7. The van der Waals surface area contributed by atoms with Crippen molar-refractivity contribution in [2.75, 3.05) is 0 Å². The molecule has 0 saturated heterocycles. The van der Waals surface area contributed by atoms with E-state index in [1.807, 2.05) is 24.2 Å². The van der Waals surface area contributed by atoms with Crippen LogP contribution in [0.5, 0.6) is 0 Å². The third kappa shape index (κ3) is 9.70. The van der Waals surface area contributed by atoms with Crippen molar-refractivity contribution in [3.63, 3.8) is 0 Å². The van der Waals surface area contributed by atoms with Gasteiger partial charge in [-0.25, -0.2) is 0 Å². The first kappa shape index (κ1) is 20.1. The van der Waals surface area contributed by atoms with Gasteiger partial charge in [0.2, 0.25) is 0 Å². The fourth-order valence-corrected chi connectivity index (χ4v) is 3.23. The Morgan fingerprint density at radius 1 is 1.00 bits per heavy atom. The van der Waals surface area contributed by atoms with Crippen molar-refractivity contribution in [2.45, 2.75) is 103 Å². The Bertz CT molecular complexity index is 326. The highest BCUT2D eigenvalue weighted by atomic mass is 16.3. The first-order valence-electron chi connectivity index (χ1n) is 9.75. The van der Waals surface area contributed by atoms with Crippen molar-refractivity contribution in [1.82, 2.24) is 10.2 Å². The first-order chi connectivity index (χ1) is 11.3. The molecule has 1 heterocycles. The molecule has 0 aliphatic carbocycles. The van der Waals surface area contributed by atoms with Crippen LogP contribution in [0.1, 0.15) is 90.9 Å². The lowest BCUT2D eigenvalue weighted by Gasteiger charge is -2.28. The minimum absolute atomic E-state index is 0.289. The number of hydrogen-bond donors (Lipinski definition) is 2. The van der Waals surface area contributed by atoms with Crippen LogP contribution >= 0.6 is 0 Å². The second kappa shape index (κ2) is 13.5. The zero-order chi connectivity index (χ0) is 16.8. The Labute approximate surface area is 143 Å². The van der Waals surface area contributed by atoms with E-state index >= 15 is 0 Å². The third-order valence-electron chi connectivity index (χ3n) is 4.66. The molecule has 2 unspecified atom stereocenters. The predicted octanol–water partition coefficient (Wildman–Crippen LogP) is 5.28. The summed E-state index contributed by atoms with van der Waals surface area (Å²) < 4.78 is 0. The van der Waals surface area contributed by atoms with Gasteiger partial charge in [0.1, 0.15) is 12.4 Å². The molecule has 1 aliphatic heterocycles. The van der Waals surface area contributed by atoms with Crippen LogP contribution in [0.25, 0.3) is 0 Å². The van der Waals surface area contributed by atoms with Gasteiger partial charge in [0, 0.05) is 12.4 Å². The highest BCUT2D eigenvalue weighted by molar-refractivity contribution is 4.94. The summed E-state index contributed by atoms with van der Waals surface area (Å²) in [6, 6.07) is 0. The molecule has 0 fully saturated rings. The number of rotatable bonds is 14.